The van der Waals surface area contributed by atoms with Gasteiger partial charge in [-0.2, -0.15) is 0 Å². The summed E-state index contributed by atoms with van der Waals surface area (Å²) in [5.74, 6) is 0. The monoisotopic (exact) mass is 257 g/mol. The Hall–Kier alpha value is -0.0500. The fraction of sp³-hybridized carbons (Fsp3) is 1.00. The lowest BCUT2D eigenvalue weighted by Crippen LogP contribution is -2.64. The molecule has 3 unspecified atom stereocenters. The van der Waals surface area contributed by atoms with E-state index in [1.165, 1.54) is 0 Å². The maximum absolute atomic E-state index is 10.8. The van der Waals surface area contributed by atoms with Crippen molar-refractivity contribution in [2.24, 2.45) is 0 Å². The lowest BCUT2D eigenvalue weighted by atomic mass is 9.85. The van der Waals surface area contributed by atoms with Crippen molar-refractivity contribution in [1.29, 1.82) is 0 Å². The van der Waals surface area contributed by atoms with E-state index in [1.54, 1.807) is 0 Å². The summed E-state index contributed by atoms with van der Waals surface area (Å²) >= 11 is 0. The summed E-state index contributed by atoms with van der Waals surface area (Å²) in [7, 11) is -4.26. The SMILES string of the molecule is CP(=O)([O-])OC1[C@H](O)[C@H](O)C(O)[C@H](O)[C@H]1O. The van der Waals surface area contributed by atoms with E-state index in [1.807, 2.05) is 0 Å². The van der Waals surface area contributed by atoms with Crippen LogP contribution in [0.3, 0.4) is 0 Å². The van der Waals surface area contributed by atoms with Gasteiger partial charge in [0.25, 0.3) is 0 Å². The van der Waals surface area contributed by atoms with E-state index in [-0.39, 0.29) is 0 Å². The van der Waals surface area contributed by atoms with Crippen molar-refractivity contribution in [3.8, 4) is 0 Å². The summed E-state index contributed by atoms with van der Waals surface area (Å²) in [4.78, 5) is 10.8. The summed E-state index contributed by atoms with van der Waals surface area (Å²) in [6.45, 7) is 0.718. The largest absolute Gasteiger partial charge is 0.779 e. The summed E-state index contributed by atoms with van der Waals surface area (Å²) in [5, 5.41) is 46.5. The Morgan fingerprint density at radius 3 is 1.56 bits per heavy atom. The van der Waals surface area contributed by atoms with Crippen LogP contribution in [0.2, 0.25) is 0 Å². The van der Waals surface area contributed by atoms with Crippen molar-refractivity contribution in [3.05, 3.63) is 0 Å². The summed E-state index contributed by atoms with van der Waals surface area (Å²) in [6.07, 6.45) is -10.7. The molecule has 16 heavy (non-hydrogen) atoms. The fourth-order valence-electron chi connectivity index (χ4n) is 1.54. The van der Waals surface area contributed by atoms with Gasteiger partial charge in [-0.15, -0.1) is 0 Å². The fourth-order valence-corrected chi connectivity index (χ4v) is 2.23. The Morgan fingerprint density at radius 1 is 0.938 bits per heavy atom. The van der Waals surface area contributed by atoms with Gasteiger partial charge in [0.05, 0.1) is 0 Å². The number of aliphatic hydroxyl groups is 5. The van der Waals surface area contributed by atoms with Crippen LogP contribution < -0.4 is 4.89 Å². The van der Waals surface area contributed by atoms with Crippen LogP contribution in [-0.2, 0) is 9.09 Å². The molecule has 1 aliphatic rings. The maximum Gasteiger partial charge on any atom is 0.132 e. The minimum Gasteiger partial charge on any atom is -0.779 e. The highest BCUT2D eigenvalue weighted by Gasteiger charge is 2.49. The van der Waals surface area contributed by atoms with E-state index in [0.29, 0.717) is 0 Å². The number of rotatable bonds is 2. The highest BCUT2D eigenvalue weighted by Crippen LogP contribution is 2.38. The van der Waals surface area contributed by atoms with E-state index in [9.17, 15) is 35.0 Å². The molecule has 0 heterocycles. The molecule has 1 fully saturated rings. The smallest absolute Gasteiger partial charge is 0.132 e. The third-order valence-electron chi connectivity index (χ3n) is 2.39. The third-order valence-corrected chi connectivity index (χ3v) is 3.01. The third kappa shape index (κ3) is 2.79. The minimum atomic E-state index is -4.26. The molecule has 96 valence electrons. The van der Waals surface area contributed by atoms with E-state index >= 15 is 0 Å². The van der Waals surface area contributed by atoms with Crippen molar-refractivity contribution >= 4 is 7.60 Å². The van der Waals surface area contributed by atoms with Crippen LogP contribution in [0.5, 0.6) is 0 Å². The van der Waals surface area contributed by atoms with Gasteiger partial charge < -0.3 is 39.5 Å². The molecule has 1 rings (SSSR count). The van der Waals surface area contributed by atoms with Gasteiger partial charge in [-0.25, -0.2) is 0 Å². The second-order valence-corrected chi connectivity index (χ2v) is 5.55. The molecule has 0 bridgehead atoms. The van der Waals surface area contributed by atoms with Gasteiger partial charge in [-0.1, -0.05) is 0 Å². The molecule has 7 atom stereocenters. The molecule has 0 spiro atoms. The molecule has 0 aromatic rings. The molecule has 0 aromatic heterocycles. The van der Waals surface area contributed by atoms with Crippen LogP contribution >= 0.6 is 7.60 Å². The average Bonchev–Trinajstić information content (AvgIpc) is 2.17. The van der Waals surface area contributed by atoms with Crippen molar-refractivity contribution in [3.63, 3.8) is 0 Å². The van der Waals surface area contributed by atoms with Crippen LogP contribution in [0.15, 0.2) is 0 Å². The first kappa shape index (κ1) is 14.0. The Morgan fingerprint density at radius 2 is 1.25 bits per heavy atom. The predicted octanol–water partition coefficient (Wildman–Crippen LogP) is -3.63. The van der Waals surface area contributed by atoms with Crippen LogP contribution in [0.4, 0.5) is 0 Å². The molecule has 0 aromatic carbocycles. The Labute approximate surface area is 91.3 Å². The molecule has 8 nitrogen and oxygen atoms in total. The zero-order chi connectivity index (χ0) is 12.7. The van der Waals surface area contributed by atoms with E-state index in [4.69, 9.17) is 0 Å². The molecule has 0 aliphatic heterocycles. The van der Waals surface area contributed by atoms with Gasteiger partial charge in [0.2, 0.25) is 0 Å². The number of aliphatic hydroxyl groups excluding tert-OH is 5. The quantitative estimate of drug-likeness (QED) is 0.318. The number of hydrogen-bond acceptors (Lipinski definition) is 8. The molecule has 5 N–H and O–H groups in total. The zero-order valence-electron chi connectivity index (χ0n) is 8.37. The molecule has 0 radical (unpaired) electrons. The lowest BCUT2D eigenvalue weighted by molar-refractivity contribution is -0.243. The predicted molar refractivity (Wildman–Crippen MR) is 48.4 cm³/mol. The first-order valence-corrected chi connectivity index (χ1v) is 6.51. The van der Waals surface area contributed by atoms with E-state index in [2.05, 4.69) is 4.52 Å². The van der Waals surface area contributed by atoms with E-state index in [0.717, 1.165) is 6.66 Å². The van der Waals surface area contributed by atoms with Gasteiger partial charge in [0.1, 0.15) is 44.2 Å². The van der Waals surface area contributed by atoms with Gasteiger partial charge in [0, 0.05) is 6.66 Å². The standard InChI is InChI=1S/C7H15O8P/c1-16(13,14)15-7-5(11)3(9)2(8)4(10)6(7)12/h2-12H,1H3,(H,13,14)/p-1/t2?,3-,4+,5-,6-,7?/m1/s1. The average molecular weight is 257 g/mol. The lowest BCUT2D eigenvalue weighted by Gasteiger charge is -2.43. The summed E-state index contributed by atoms with van der Waals surface area (Å²) in [6, 6.07) is 0. The molecular weight excluding hydrogens is 243 g/mol. The zero-order valence-corrected chi connectivity index (χ0v) is 9.27. The highest BCUT2D eigenvalue weighted by atomic mass is 31.2. The van der Waals surface area contributed by atoms with Crippen LogP contribution in [0.25, 0.3) is 0 Å². The van der Waals surface area contributed by atoms with Crippen LogP contribution in [-0.4, -0.2) is 68.8 Å². The first-order valence-electron chi connectivity index (χ1n) is 4.52. The molecule has 9 heteroatoms. The maximum atomic E-state index is 10.8. The molecule has 1 saturated carbocycles. The van der Waals surface area contributed by atoms with Crippen molar-refractivity contribution < 1.29 is 39.5 Å². The van der Waals surface area contributed by atoms with Crippen LogP contribution in [0.1, 0.15) is 0 Å². The topological polar surface area (TPSA) is 151 Å². The van der Waals surface area contributed by atoms with Gasteiger partial charge in [0.15, 0.2) is 0 Å². The molecule has 0 amide bonds. The van der Waals surface area contributed by atoms with Crippen molar-refractivity contribution in [1.82, 2.24) is 0 Å². The molecule has 0 saturated heterocycles. The normalized spacial score (nSPS) is 48.7. The Bertz CT molecular complexity index is 274. The second kappa shape index (κ2) is 4.67. The van der Waals surface area contributed by atoms with Gasteiger partial charge in [-0.3, -0.25) is 0 Å². The van der Waals surface area contributed by atoms with Crippen molar-refractivity contribution in [2.45, 2.75) is 36.6 Å². The first-order chi connectivity index (χ1) is 7.15. The molecular formula is C7H14O8P-. The van der Waals surface area contributed by atoms with Gasteiger partial charge >= 0.3 is 0 Å². The molecule has 1 aliphatic carbocycles. The summed E-state index contributed by atoms with van der Waals surface area (Å²) in [5.41, 5.74) is 0. The van der Waals surface area contributed by atoms with E-state index < -0.39 is 44.2 Å². The highest BCUT2D eigenvalue weighted by molar-refractivity contribution is 7.50. The Kier molecular flexibility index (Phi) is 4.09. The van der Waals surface area contributed by atoms with Gasteiger partial charge in [-0.05, 0) is 0 Å². The van der Waals surface area contributed by atoms with Crippen LogP contribution in [0, 0.1) is 0 Å². The second-order valence-electron chi connectivity index (χ2n) is 3.79. The minimum absolute atomic E-state index is 0.718. The summed E-state index contributed by atoms with van der Waals surface area (Å²) < 4.78 is 15.2. The van der Waals surface area contributed by atoms with Crippen molar-refractivity contribution in [2.75, 3.05) is 6.66 Å². The number of hydrogen-bond donors (Lipinski definition) is 5. The Balaban J connectivity index is 2.87.